The first-order valence-corrected chi connectivity index (χ1v) is 11.9. The van der Waals surface area contributed by atoms with Gasteiger partial charge in [-0.1, -0.05) is 0 Å². The number of carboxylic acids is 1. The summed E-state index contributed by atoms with van der Waals surface area (Å²) in [5.74, 6) is -4.01. The van der Waals surface area contributed by atoms with Crippen molar-refractivity contribution in [1.82, 2.24) is 15.3 Å². The number of nitrogen functional groups attached to an aromatic ring is 1. The minimum atomic E-state index is -1.29. The van der Waals surface area contributed by atoms with Gasteiger partial charge in [-0.05, 0) is 36.8 Å². The van der Waals surface area contributed by atoms with Crippen molar-refractivity contribution in [2.75, 3.05) is 33.6 Å². The van der Waals surface area contributed by atoms with Crippen molar-refractivity contribution in [2.24, 2.45) is 5.73 Å². The zero-order valence-electron chi connectivity index (χ0n) is 22.3. The van der Waals surface area contributed by atoms with Gasteiger partial charge in [0.05, 0.1) is 38.3 Å². The molecule has 212 valence electrons. The molecule has 4 rings (SSSR count). The predicted octanol–water partition coefficient (Wildman–Crippen LogP) is 1.43. The number of Topliss-reactive ketones (excluding diaryl/α,β-unsaturated/α-hetero) is 2. The quantitative estimate of drug-likeness (QED) is 0.262. The van der Waals surface area contributed by atoms with Crippen LogP contribution in [0.4, 0.5) is 5.69 Å². The molecule has 0 aliphatic heterocycles. The maximum Gasteiger partial charge on any atom is 0.322 e. The van der Waals surface area contributed by atoms with Crippen LogP contribution in [0.3, 0.4) is 0 Å². The number of hydrogen-bond donors (Lipinski definition) is 5. The molecule has 14 nitrogen and oxygen atoms in total. The van der Waals surface area contributed by atoms with E-state index in [1.165, 1.54) is 52.5 Å². The van der Waals surface area contributed by atoms with Crippen LogP contribution in [0, 0.1) is 6.92 Å². The normalized spacial score (nSPS) is 12.6. The van der Waals surface area contributed by atoms with Gasteiger partial charge in [0.25, 0.3) is 5.91 Å². The lowest BCUT2D eigenvalue weighted by Gasteiger charge is -2.20. The highest BCUT2D eigenvalue weighted by atomic mass is 16.5. The zero-order chi connectivity index (χ0) is 30.2. The van der Waals surface area contributed by atoms with Crippen molar-refractivity contribution in [1.29, 1.82) is 0 Å². The number of allylic oxidation sites excluding steroid dienone is 2. The number of nitrogens with two attached hydrogens (primary N) is 2. The first-order chi connectivity index (χ1) is 19.5. The molecule has 7 N–H and O–H groups in total. The van der Waals surface area contributed by atoms with Gasteiger partial charge in [-0.25, -0.2) is 9.97 Å². The second-order valence-electron chi connectivity index (χ2n) is 8.69. The molecule has 0 saturated heterocycles. The van der Waals surface area contributed by atoms with Gasteiger partial charge < -0.3 is 41.2 Å². The maximum atomic E-state index is 13.1. The second kappa shape index (κ2) is 10.8. The molecule has 0 atom stereocenters. The number of ketones is 2. The largest absolute Gasteiger partial charge is 0.504 e. The van der Waals surface area contributed by atoms with Crippen molar-refractivity contribution in [2.45, 2.75) is 6.92 Å². The lowest BCUT2D eigenvalue weighted by atomic mass is 9.93. The predicted molar refractivity (Wildman–Crippen MR) is 144 cm³/mol. The number of nitrogens with zero attached hydrogens (tertiary/aromatic N) is 2. The van der Waals surface area contributed by atoms with Gasteiger partial charge in [-0.15, -0.1) is 0 Å². The Labute approximate surface area is 232 Å². The molecule has 0 fully saturated rings. The number of aromatic hydroxyl groups is 1. The van der Waals surface area contributed by atoms with Crippen LogP contribution in [0.15, 0.2) is 35.7 Å². The summed E-state index contributed by atoms with van der Waals surface area (Å²) < 4.78 is 15.5. The van der Waals surface area contributed by atoms with Gasteiger partial charge >= 0.3 is 5.97 Å². The SMILES string of the molecule is COC1=C(N)C(=O)c2nc(-c3nc(C(=O)NCC(=O)O)c(C)c(-c4ccc(OC)c(OC)c4O)c3N)ccc2C1=O. The highest BCUT2D eigenvalue weighted by Crippen LogP contribution is 2.47. The molecule has 1 amide bonds. The van der Waals surface area contributed by atoms with E-state index in [1.807, 2.05) is 0 Å². The monoisotopic (exact) mass is 563 g/mol. The van der Waals surface area contributed by atoms with E-state index in [0.717, 1.165) is 0 Å². The average Bonchev–Trinajstić information content (AvgIpc) is 2.95. The number of carboxylic acid groups (broad SMARTS) is 1. The Kier molecular flexibility index (Phi) is 7.50. The Morgan fingerprint density at radius 2 is 1.61 bits per heavy atom. The van der Waals surface area contributed by atoms with Gasteiger partial charge in [0.1, 0.15) is 29.3 Å². The molecule has 0 spiro atoms. The van der Waals surface area contributed by atoms with E-state index in [4.69, 9.17) is 30.8 Å². The van der Waals surface area contributed by atoms with Crippen LogP contribution in [0.1, 0.15) is 36.9 Å². The minimum absolute atomic E-state index is 0.00809. The number of benzene rings is 1. The van der Waals surface area contributed by atoms with Crippen LogP contribution < -0.4 is 26.3 Å². The van der Waals surface area contributed by atoms with E-state index in [0.29, 0.717) is 0 Å². The van der Waals surface area contributed by atoms with Crippen molar-refractivity contribution in [3.05, 3.63) is 58.2 Å². The van der Waals surface area contributed by atoms with E-state index in [1.54, 1.807) is 0 Å². The Bertz CT molecular complexity index is 1680. The second-order valence-corrected chi connectivity index (χ2v) is 8.69. The number of fused-ring (bicyclic) bond motifs is 1. The summed E-state index contributed by atoms with van der Waals surface area (Å²) >= 11 is 0. The number of nitrogens with one attached hydrogen (secondary N) is 1. The smallest absolute Gasteiger partial charge is 0.322 e. The third kappa shape index (κ3) is 4.71. The fourth-order valence-corrected chi connectivity index (χ4v) is 4.44. The third-order valence-corrected chi connectivity index (χ3v) is 6.38. The average molecular weight is 564 g/mol. The standard InChI is InChI=1S/C27H25N5O9/c1-10-16(11-6-8-14(39-2)25(40-3)22(11)35)17(28)21(32-19(10)27(38)30-9-15(33)34)13-7-5-12-20(31-13)24(37)18(29)26(41-4)23(12)36/h5-8,35H,9,28-29H2,1-4H3,(H,30,38)(H,33,34). The van der Waals surface area contributed by atoms with Crippen LogP contribution >= 0.6 is 0 Å². The van der Waals surface area contributed by atoms with E-state index in [-0.39, 0.29) is 73.7 Å². The zero-order valence-corrected chi connectivity index (χ0v) is 22.3. The first kappa shape index (κ1) is 28.4. The third-order valence-electron chi connectivity index (χ3n) is 6.38. The first-order valence-electron chi connectivity index (χ1n) is 11.9. The molecule has 2 heterocycles. The fraction of sp³-hybridized carbons (Fsp3) is 0.185. The molecule has 1 aromatic carbocycles. The molecule has 41 heavy (non-hydrogen) atoms. The number of ether oxygens (including phenoxy) is 3. The summed E-state index contributed by atoms with van der Waals surface area (Å²) in [6, 6.07) is 5.69. The molecule has 1 aliphatic carbocycles. The molecule has 0 saturated carbocycles. The van der Waals surface area contributed by atoms with Crippen LogP contribution in [-0.2, 0) is 9.53 Å². The summed E-state index contributed by atoms with van der Waals surface area (Å²) in [7, 11) is 3.92. The molecule has 1 aliphatic rings. The van der Waals surface area contributed by atoms with E-state index in [2.05, 4.69) is 15.3 Å². The van der Waals surface area contributed by atoms with Crippen LogP contribution in [0.2, 0.25) is 0 Å². The maximum absolute atomic E-state index is 13.1. The van der Waals surface area contributed by atoms with E-state index >= 15 is 0 Å². The number of phenols is 1. The summed E-state index contributed by atoms with van der Waals surface area (Å²) in [5, 5.41) is 22.4. The number of carbonyl (C=O) groups is 4. The number of amides is 1. The number of rotatable bonds is 8. The molecule has 2 aromatic heterocycles. The van der Waals surface area contributed by atoms with Gasteiger partial charge in [0.2, 0.25) is 17.3 Å². The number of phenolic OH excluding ortho intramolecular Hbond substituents is 1. The highest BCUT2D eigenvalue weighted by molar-refractivity contribution is 6.25. The van der Waals surface area contributed by atoms with Crippen LogP contribution in [0.25, 0.3) is 22.5 Å². The molecule has 3 aromatic rings. The minimum Gasteiger partial charge on any atom is -0.504 e. The molecular weight excluding hydrogens is 538 g/mol. The summed E-state index contributed by atoms with van der Waals surface area (Å²) in [6.07, 6.45) is 0. The Morgan fingerprint density at radius 1 is 0.927 bits per heavy atom. The van der Waals surface area contributed by atoms with Crippen LogP contribution in [-0.4, -0.2) is 71.5 Å². The van der Waals surface area contributed by atoms with Crippen molar-refractivity contribution in [3.63, 3.8) is 0 Å². The number of aliphatic carboxylic acids is 1. The Hall–Kier alpha value is -5.66. The van der Waals surface area contributed by atoms with Crippen molar-refractivity contribution >= 4 is 29.1 Å². The van der Waals surface area contributed by atoms with E-state index < -0.39 is 35.7 Å². The van der Waals surface area contributed by atoms with Gasteiger partial charge in [0, 0.05) is 11.1 Å². The Morgan fingerprint density at radius 3 is 2.22 bits per heavy atom. The van der Waals surface area contributed by atoms with Gasteiger partial charge in [-0.2, -0.15) is 0 Å². The molecule has 14 heteroatoms. The number of methoxy groups -OCH3 is 3. The molecule has 0 radical (unpaired) electrons. The summed E-state index contributed by atoms with van der Waals surface area (Å²) in [5.41, 5.74) is 11.7. The Balaban J connectivity index is 2.01. The summed E-state index contributed by atoms with van der Waals surface area (Å²) in [6.45, 7) is 0.812. The lowest BCUT2D eigenvalue weighted by Crippen LogP contribution is -2.31. The molecule has 0 unspecified atom stereocenters. The number of carbonyl (C=O) groups excluding carboxylic acids is 3. The number of pyridine rings is 2. The molecular formula is C27H25N5O9. The van der Waals surface area contributed by atoms with Gasteiger partial charge in [0.15, 0.2) is 17.3 Å². The highest BCUT2D eigenvalue weighted by Gasteiger charge is 2.34. The van der Waals surface area contributed by atoms with Crippen LogP contribution in [0.5, 0.6) is 17.2 Å². The topological polar surface area (TPSA) is 226 Å². The van der Waals surface area contributed by atoms with Crippen molar-refractivity contribution in [3.8, 4) is 39.8 Å². The fourth-order valence-electron chi connectivity index (χ4n) is 4.44. The number of aromatic nitrogens is 2. The summed E-state index contributed by atoms with van der Waals surface area (Å²) in [4.78, 5) is 58.5. The lowest BCUT2D eigenvalue weighted by molar-refractivity contribution is -0.135. The van der Waals surface area contributed by atoms with E-state index in [9.17, 15) is 24.3 Å². The number of hydrogen-bond acceptors (Lipinski definition) is 12. The van der Waals surface area contributed by atoms with Crippen molar-refractivity contribution < 1.29 is 43.6 Å². The molecule has 0 bridgehead atoms. The number of anilines is 1. The van der Waals surface area contributed by atoms with Gasteiger partial charge in [-0.3, -0.25) is 19.2 Å².